The van der Waals surface area contributed by atoms with E-state index in [-0.39, 0.29) is 11.0 Å². The molecular formula is C28H34O4Si. The van der Waals surface area contributed by atoms with E-state index < -0.39 is 8.32 Å². The zero-order valence-electron chi connectivity index (χ0n) is 20.5. The van der Waals surface area contributed by atoms with Gasteiger partial charge in [-0.3, -0.25) is 0 Å². The fraction of sp³-hybridized carbons (Fsp3) is 0.321. The summed E-state index contributed by atoms with van der Waals surface area (Å²) in [6, 6.07) is 23.0. The van der Waals surface area contributed by atoms with Crippen LogP contribution in [0.5, 0.6) is 0 Å². The van der Waals surface area contributed by atoms with Gasteiger partial charge >= 0.3 is 5.97 Å². The van der Waals surface area contributed by atoms with Gasteiger partial charge in [0.1, 0.15) is 17.1 Å². The van der Waals surface area contributed by atoms with E-state index in [0.29, 0.717) is 23.7 Å². The summed E-state index contributed by atoms with van der Waals surface area (Å²) in [5.41, 5.74) is 1.58. The Morgan fingerprint density at radius 1 is 1.00 bits per heavy atom. The molecule has 174 valence electrons. The number of benzene rings is 2. The Balaban J connectivity index is 1.86. The number of aryl methyl sites for hydroxylation is 1. The maximum atomic E-state index is 11.9. The van der Waals surface area contributed by atoms with Crippen LogP contribution >= 0.6 is 0 Å². The average molecular weight is 463 g/mol. The van der Waals surface area contributed by atoms with Crippen molar-refractivity contribution in [3.63, 3.8) is 0 Å². The number of hydrogen-bond donors (Lipinski definition) is 0. The molecule has 0 N–H and O–H groups in total. The van der Waals surface area contributed by atoms with Gasteiger partial charge < -0.3 is 13.6 Å². The van der Waals surface area contributed by atoms with Crippen molar-refractivity contribution in [3.8, 4) is 0 Å². The van der Waals surface area contributed by atoms with Gasteiger partial charge in [0.15, 0.2) is 0 Å². The molecule has 3 aromatic rings. The summed E-state index contributed by atoms with van der Waals surface area (Å²) in [7, 11) is -1.17. The topological polar surface area (TPSA) is 48.7 Å². The van der Waals surface area contributed by atoms with Crippen LogP contribution in [0.25, 0.3) is 6.08 Å². The number of hydrogen-bond acceptors (Lipinski definition) is 4. The van der Waals surface area contributed by atoms with E-state index in [9.17, 15) is 4.79 Å². The molecule has 2 aromatic carbocycles. The molecule has 1 aromatic heterocycles. The fourth-order valence-electron chi connectivity index (χ4n) is 4.33. The quantitative estimate of drug-likeness (QED) is 0.316. The van der Waals surface area contributed by atoms with Crippen LogP contribution in [0, 0.1) is 6.92 Å². The Bertz CT molecular complexity index is 1050. The summed E-state index contributed by atoms with van der Waals surface area (Å²) in [6.07, 6.45) is 2.73. The second-order valence-electron chi connectivity index (χ2n) is 9.36. The van der Waals surface area contributed by atoms with Crippen LogP contribution in [-0.4, -0.2) is 28.0 Å². The molecule has 0 aliphatic heterocycles. The number of carbonyl (C=O) groups is 1. The SMILES string of the molecule is COC(=O)c1cc(/C=C(\C)CCO[Si](c2ccccc2)(c2ccccc2)C(C)(C)C)oc1C. The van der Waals surface area contributed by atoms with Crippen molar-refractivity contribution in [3.05, 3.63) is 89.4 Å². The van der Waals surface area contributed by atoms with Gasteiger partial charge in [-0.15, -0.1) is 0 Å². The van der Waals surface area contributed by atoms with Crippen LogP contribution in [0.2, 0.25) is 5.04 Å². The Kier molecular flexibility index (Phi) is 7.77. The summed E-state index contributed by atoms with van der Waals surface area (Å²) >= 11 is 0. The highest BCUT2D eigenvalue weighted by Crippen LogP contribution is 2.37. The second-order valence-corrected chi connectivity index (χ2v) is 13.7. The van der Waals surface area contributed by atoms with E-state index in [4.69, 9.17) is 13.6 Å². The molecule has 0 spiro atoms. The Morgan fingerprint density at radius 2 is 1.55 bits per heavy atom. The molecule has 0 unspecified atom stereocenters. The molecule has 5 heteroatoms. The standard InChI is InChI=1S/C28H34O4Si/c1-21(19-23-20-26(22(2)32-23)27(29)30-6)17-18-31-33(28(3,4)5,24-13-9-7-10-14-24)25-15-11-8-12-16-25/h7-16,19-20H,17-18H2,1-6H3/b21-19+. The molecule has 0 atom stereocenters. The van der Waals surface area contributed by atoms with Gasteiger partial charge in [0.05, 0.1) is 7.11 Å². The molecule has 0 radical (unpaired) electrons. The summed E-state index contributed by atoms with van der Waals surface area (Å²) < 4.78 is 17.5. The van der Waals surface area contributed by atoms with E-state index in [1.54, 1.807) is 13.0 Å². The van der Waals surface area contributed by atoms with Gasteiger partial charge in [-0.1, -0.05) is 87.0 Å². The first-order valence-electron chi connectivity index (χ1n) is 11.3. The molecule has 0 fully saturated rings. The fourth-order valence-corrected chi connectivity index (χ4v) is 8.89. The van der Waals surface area contributed by atoms with Gasteiger partial charge in [-0.05, 0) is 47.8 Å². The largest absolute Gasteiger partial charge is 0.465 e. The van der Waals surface area contributed by atoms with E-state index in [1.165, 1.54) is 17.5 Å². The third kappa shape index (κ3) is 5.37. The molecule has 0 aliphatic carbocycles. The van der Waals surface area contributed by atoms with E-state index in [2.05, 4.69) is 88.4 Å². The molecule has 0 aliphatic rings. The lowest BCUT2D eigenvalue weighted by molar-refractivity contribution is 0.0599. The van der Waals surface area contributed by atoms with Crippen molar-refractivity contribution < 1.29 is 18.4 Å². The Morgan fingerprint density at radius 3 is 2.03 bits per heavy atom. The minimum Gasteiger partial charge on any atom is -0.465 e. The molecular weight excluding hydrogens is 428 g/mol. The first-order chi connectivity index (χ1) is 15.7. The van der Waals surface area contributed by atoms with Crippen LogP contribution in [0.15, 0.2) is 76.7 Å². The normalized spacial score (nSPS) is 12.6. The molecule has 3 rings (SSSR count). The lowest BCUT2D eigenvalue weighted by Crippen LogP contribution is -2.66. The van der Waals surface area contributed by atoms with Crippen LogP contribution in [0.4, 0.5) is 0 Å². The minimum absolute atomic E-state index is 0.0547. The van der Waals surface area contributed by atoms with Crippen molar-refractivity contribution >= 4 is 30.7 Å². The average Bonchev–Trinajstić information content (AvgIpc) is 3.16. The van der Waals surface area contributed by atoms with Crippen molar-refractivity contribution in [2.24, 2.45) is 0 Å². The highest BCUT2D eigenvalue weighted by atomic mass is 28.4. The van der Waals surface area contributed by atoms with Gasteiger partial charge in [0.25, 0.3) is 8.32 Å². The first kappa shape index (κ1) is 24.7. The van der Waals surface area contributed by atoms with Crippen molar-refractivity contribution in [1.29, 1.82) is 0 Å². The monoisotopic (exact) mass is 462 g/mol. The third-order valence-electron chi connectivity index (χ3n) is 5.96. The number of furan rings is 1. The molecule has 4 nitrogen and oxygen atoms in total. The zero-order chi connectivity index (χ0) is 24.1. The van der Waals surface area contributed by atoms with Crippen molar-refractivity contribution in [2.75, 3.05) is 13.7 Å². The summed E-state index contributed by atoms with van der Waals surface area (Å²) in [5, 5.41) is 2.49. The molecule has 0 saturated heterocycles. The van der Waals surface area contributed by atoms with E-state index in [1.807, 2.05) is 6.08 Å². The summed E-state index contributed by atoms with van der Waals surface area (Å²) in [5.74, 6) is 0.823. The van der Waals surface area contributed by atoms with Gasteiger partial charge in [0.2, 0.25) is 0 Å². The maximum Gasteiger partial charge on any atom is 0.341 e. The second kappa shape index (κ2) is 10.4. The Labute approximate surface area is 198 Å². The minimum atomic E-state index is -2.54. The highest BCUT2D eigenvalue weighted by molar-refractivity contribution is 6.99. The predicted molar refractivity (Wildman–Crippen MR) is 137 cm³/mol. The summed E-state index contributed by atoms with van der Waals surface area (Å²) in [6.45, 7) is 11.3. The van der Waals surface area contributed by atoms with Gasteiger partial charge in [0, 0.05) is 6.61 Å². The van der Waals surface area contributed by atoms with Gasteiger partial charge in [-0.25, -0.2) is 4.79 Å². The summed E-state index contributed by atoms with van der Waals surface area (Å²) in [4.78, 5) is 11.9. The third-order valence-corrected chi connectivity index (χ3v) is 11.0. The number of esters is 1. The van der Waals surface area contributed by atoms with E-state index >= 15 is 0 Å². The molecule has 0 bridgehead atoms. The van der Waals surface area contributed by atoms with Crippen molar-refractivity contribution in [2.45, 2.75) is 46.1 Å². The van der Waals surface area contributed by atoms with Crippen molar-refractivity contribution in [1.82, 2.24) is 0 Å². The van der Waals surface area contributed by atoms with Gasteiger partial charge in [-0.2, -0.15) is 0 Å². The highest BCUT2D eigenvalue weighted by Gasteiger charge is 2.49. The van der Waals surface area contributed by atoms with E-state index in [0.717, 1.165) is 12.0 Å². The molecule has 0 saturated carbocycles. The number of ether oxygens (including phenoxy) is 1. The van der Waals surface area contributed by atoms with Crippen LogP contribution in [-0.2, 0) is 9.16 Å². The molecule has 33 heavy (non-hydrogen) atoms. The molecule has 0 amide bonds. The first-order valence-corrected chi connectivity index (χ1v) is 13.2. The predicted octanol–water partition coefficient (Wildman–Crippen LogP) is 5.74. The smallest absolute Gasteiger partial charge is 0.341 e. The lowest BCUT2D eigenvalue weighted by atomic mass is 10.2. The maximum absolute atomic E-state index is 11.9. The lowest BCUT2D eigenvalue weighted by Gasteiger charge is -2.43. The van der Waals surface area contributed by atoms with Crippen LogP contribution in [0.1, 0.15) is 56.0 Å². The van der Waals surface area contributed by atoms with Crippen LogP contribution < -0.4 is 10.4 Å². The zero-order valence-corrected chi connectivity index (χ0v) is 21.5. The number of rotatable bonds is 8. The Hall–Kier alpha value is -2.89. The number of carbonyl (C=O) groups excluding carboxylic acids is 1. The molecule has 1 heterocycles. The van der Waals surface area contributed by atoms with Crippen LogP contribution in [0.3, 0.4) is 0 Å². The number of methoxy groups -OCH3 is 1.